The monoisotopic (exact) mass is 418 g/mol. The molecule has 30 heavy (non-hydrogen) atoms. The first-order valence-corrected chi connectivity index (χ1v) is 10.2. The molecule has 1 amide bonds. The summed E-state index contributed by atoms with van der Waals surface area (Å²) in [5, 5.41) is 14.0. The Morgan fingerprint density at radius 2 is 1.77 bits per heavy atom. The molecule has 150 valence electrons. The predicted molar refractivity (Wildman–Crippen MR) is 116 cm³/mol. The maximum atomic E-state index is 13.0. The SMILES string of the molecule is O=C(NCc1ccccc1)C(Sc1nc2ccc([N+](=O)[O-])cc2[nH]1)c1ccccc1. The second-order valence-corrected chi connectivity index (χ2v) is 7.71. The Morgan fingerprint density at radius 3 is 2.47 bits per heavy atom. The number of hydrogen-bond acceptors (Lipinski definition) is 5. The van der Waals surface area contributed by atoms with Gasteiger partial charge in [-0.15, -0.1) is 0 Å². The molecule has 0 bridgehead atoms. The van der Waals surface area contributed by atoms with Crippen molar-refractivity contribution < 1.29 is 9.72 Å². The number of thioether (sulfide) groups is 1. The van der Waals surface area contributed by atoms with Crippen LogP contribution in [0.1, 0.15) is 16.4 Å². The third-order valence-corrected chi connectivity index (χ3v) is 5.67. The van der Waals surface area contributed by atoms with E-state index in [1.165, 1.54) is 23.9 Å². The van der Waals surface area contributed by atoms with E-state index in [9.17, 15) is 14.9 Å². The molecule has 8 heteroatoms. The molecule has 2 N–H and O–H groups in total. The summed E-state index contributed by atoms with van der Waals surface area (Å²) in [6.45, 7) is 0.426. The van der Waals surface area contributed by atoms with Crippen LogP contribution in [-0.2, 0) is 11.3 Å². The molecule has 0 radical (unpaired) electrons. The highest BCUT2D eigenvalue weighted by Gasteiger charge is 2.23. The van der Waals surface area contributed by atoms with Gasteiger partial charge in [-0.2, -0.15) is 0 Å². The third-order valence-electron chi connectivity index (χ3n) is 4.53. The van der Waals surface area contributed by atoms with Crippen LogP contribution >= 0.6 is 11.8 Å². The van der Waals surface area contributed by atoms with Gasteiger partial charge in [-0.3, -0.25) is 14.9 Å². The summed E-state index contributed by atoms with van der Waals surface area (Å²) in [6.07, 6.45) is 0. The van der Waals surface area contributed by atoms with Crippen LogP contribution in [0.2, 0.25) is 0 Å². The van der Waals surface area contributed by atoms with Crippen LogP contribution in [0, 0.1) is 10.1 Å². The maximum Gasteiger partial charge on any atom is 0.271 e. The van der Waals surface area contributed by atoms with E-state index in [1.54, 1.807) is 6.07 Å². The highest BCUT2D eigenvalue weighted by atomic mass is 32.2. The molecule has 0 spiro atoms. The van der Waals surface area contributed by atoms with E-state index in [-0.39, 0.29) is 11.6 Å². The summed E-state index contributed by atoms with van der Waals surface area (Å²) >= 11 is 1.28. The number of nitro groups is 1. The van der Waals surface area contributed by atoms with Crippen LogP contribution < -0.4 is 5.32 Å². The third kappa shape index (κ3) is 4.49. The van der Waals surface area contributed by atoms with E-state index < -0.39 is 10.2 Å². The smallest absolute Gasteiger partial charge is 0.271 e. The molecule has 0 aliphatic heterocycles. The number of amides is 1. The number of hydrogen-bond donors (Lipinski definition) is 2. The molecule has 0 aliphatic rings. The van der Waals surface area contributed by atoms with Crippen molar-refractivity contribution in [1.29, 1.82) is 0 Å². The molecular formula is C22H18N4O3S. The lowest BCUT2D eigenvalue weighted by atomic mass is 10.1. The standard InChI is InChI=1S/C22H18N4O3S/c27-21(23-14-15-7-3-1-4-8-15)20(16-9-5-2-6-10-16)30-22-24-18-12-11-17(26(28)29)13-19(18)25-22/h1-13,20H,14H2,(H,23,27)(H,24,25). The zero-order valence-corrected chi connectivity index (χ0v) is 16.6. The lowest BCUT2D eigenvalue weighted by Crippen LogP contribution is -2.27. The van der Waals surface area contributed by atoms with Crippen LogP contribution in [0.15, 0.2) is 84.0 Å². The van der Waals surface area contributed by atoms with Gasteiger partial charge in [0.2, 0.25) is 5.91 Å². The Bertz CT molecular complexity index is 1180. The molecule has 4 aromatic rings. The van der Waals surface area contributed by atoms with Gasteiger partial charge in [-0.25, -0.2) is 4.98 Å². The van der Waals surface area contributed by atoms with E-state index in [2.05, 4.69) is 15.3 Å². The quantitative estimate of drug-likeness (QED) is 0.259. The summed E-state index contributed by atoms with van der Waals surface area (Å²) in [6, 6.07) is 23.6. The number of nitro benzene ring substituents is 1. The van der Waals surface area contributed by atoms with Gasteiger partial charge >= 0.3 is 0 Å². The lowest BCUT2D eigenvalue weighted by Gasteiger charge is -2.16. The zero-order chi connectivity index (χ0) is 20.9. The van der Waals surface area contributed by atoms with Crippen molar-refractivity contribution in [3.8, 4) is 0 Å². The Hall–Kier alpha value is -3.65. The van der Waals surface area contributed by atoms with E-state index in [0.717, 1.165) is 11.1 Å². The summed E-state index contributed by atoms with van der Waals surface area (Å²) in [5.74, 6) is -0.138. The molecule has 1 aromatic heterocycles. The van der Waals surface area contributed by atoms with E-state index in [4.69, 9.17) is 0 Å². The van der Waals surface area contributed by atoms with Crippen molar-refractivity contribution in [2.24, 2.45) is 0 Å². The number of carbonyl (C=O) groups excluding carboxylic acids is 1. The van der Waals surface area contributed by atoms with Crippen molar-refractivity contribution in [2.75, 3.05) is 0 Å². The van der Waals surface area contributed by atoms with Gasteiger partial charge < -0.3 is 10.3 Å². The fourth-order valence-corrected chi connectivity index (χ4v) is 4.06. The second kappa shape index (κ2) is 8.79. The van der Waals surface area contributed by atoms with E-state index >= 15 is 0 Å². The number of carbonyl (C=O) groups is 1. The molecule has 4 rings (SSSR count). The Kier molecular flexibility index (Phi) is 5.76. The molecule has 0 fully saturated rings. The molecule has 0 saturated carbocycles. The summed E-state index contributed by atoms with van der Waals surface area (Å²) in [7, 11) is 0. The van der Waals surface area contributed by atoms with E-state index in [0.29, 0.717) is 22.7 Å². The topological polar surface area (TPSA) is 101 Å². The molecular weight excluding hydrogens is 400 g/mol. The normalized spacial score (nSPS) is 11.9. The van der Waals surface area contributed by atoms with Crippen LogP contribution in [0.5, 0.6) is 0 Å². The number of fused-ring (bicyclic) bond motifs is 1. The largest absolute Gasteiger partial charge is 0.351 e. The van der Waals surface area contributed by atoms with Gasteiger partial charge in [0.15, 0.2) is 5.16 Å². The number of benzene rings is 3. The number of aromatic nitrogens is 2. The van der Waals surface area contributed by atoms with Crippen molar-refractivity contribution in [3.05, 3.63) is 100 Å². The minimum atomic E-state index is -0.523. The van der Waals surface area contributed by atoms with Crippen molar-refractivity contribution in [3.63, 3.8) is 0 Å². The minimum absolute atomic E-state index is 0.0112. The average Bonchev–Trinajstić information content (AvgIpc) is 3.19. The average molecular weight is 418 g/mol. The van der Waals surface area contributed by atoms with Gasteiger partial charge in [0.1, 0.15) is 5.25 Å². The Labute approximate surface area is 176 Å². The number of non-ortho nitro benzene ring substituents is 1. The number of imidazole rings is 1. The van der Waals surface area contributed by atoms with Gasteiger partial charge in [0, 0.05) is 18.7 Å². The fraction of sp³-hybridized carbons (Fsp3) is 0.0909. The molecule has 7 nitrogen and oxygen atoms in total. The lowest BCUT2D eigenvalue weighted by molar-refractivity contribution is -0.384. The number of H-pyrrole nitrogens is 1. The molecule has 1 heterocycles. The van der Waals surface area contributed by atoms with Crippen LogP contribution in [0.3, 0.4) is 0 Å². The number of nitrogens with zero attached hydrogens (tertiary/aromatic N) is 2. The molecule has 0 aliphatic carbocycles. The highest BCUT2D eigenvalue weighted by molar-refractivity contribution is 8.00. The zero-order valence-electron chi connectivity index (χ0n) is 15.8. The van der Waals surface area contributed by atoms with Gasteiger partial charge in [-0.1, -0.05) is 72.4 Å². The van der Waals surface area contributed by atoms with Crippen LogP contribution in [0.4, 0.5) is 5.69 Å². The number of aromatic amines is 1. The fourth-order valence-electron chi connectivity index (χ4n) is 3.03. The molecule has 3 aromatic carbocycles. The van der Waals surface area contributed by atoms with Crippen molar-refractivity contribution >= 4 is 34.4 Å². The van der Waals surface area contributed by atoms with Crippen LogP contribution in [0.25, 0.3) is 11.0 Å². The Balaban J connectivity index is 1.58. The first-order valence-electron chi connectivity index (χ1n) is 9.27. The van der Waals surface area contributed by atoms with Crippen LogP contribution in [-0.4, -0.2) is 20.8 Å². The highest BCUT2D eigenvalue weighted by Crippen LogP contribution is 2.35. The molecule has 1 unspecified atom stereocenters. The first-order chi connectivity index (χ1) is 14.6. The summed E-state index contributed by atoms with van der Waals surface area (Å²) in [5.41, 5.74) is 3.02. The Morgan fingerprint density at radius 1 is 1.07 bits per heavy atom. The molecule has 0 saturated heterocycles. The summed E-state index contributed by atoms with van der Waals surface area (Å²) in [4.78, 5) is 31.1. The van der Waals surface area contributed by atoms with E-state index in [1.807, 2.05) is 60.7 Å². The molecule has 1 atom stereocenters. The first kappa shape index (κ1) is 19.7. The second-order valence-electron chi connectivity index (χ2n) is 6.61. The number of rotatable bonds is 7. The van der Waals surface area contributed by atoms with Crippen molar-refractivity contribution in [2.45, 2.75) is 17.0 Å². The van der Waals surface area contributed by atoms with Gasteiger partial charge in [0.25, 0.3) is 5.69 Å². The maximum absolute atomic E-state index is 13.0. The predicted octanol–water partition coefficient (Wildman–Crippen LogP) is 4.62. The summed E-state index contributed by atoms with van der Waals surface area (Å²) < 4.78 is 0. The van der Waals surface area contributed by atoms with Crippen molar-refractivity contribution in [1.82, 2.24) is 15.3 Å². The minimum Gasteiger partial charge on any atom is -0.351 e. The number of nitrogens with one attached hydrogen (secondary N) is 2. The van der Waals surface area contributed by atoms with Gasteiger partial charge in [-0.05, 0) is 17.2 Å². The van der Waals surface area contributed by atoms with Gasteiger partial charge in [0.05, 0.1) is 16.0 Å².